The highest BCUT2D eigenvalue weighted by Crippen LogP contribution is 2.32. The van der Waals surface area contributed by atoms with E-state index in [2.05, 4.69) is 11.9 Å². The molecule has 0 amide bonds. The smallest absolute Gasteiger partial charge is 0.176 e. The molecule has 1 atom stereocenters. The maximum atomic E-state index is 14.0. The molecule has 0 aliphatic rings. The molecule has 0 saturated carbocycles. The van der Waals surface area contributed by atoms with Crippen molar-refractivity contribution in [3.63, 3.8) is 0 Å². The first kappa shape index (κ1) is 20.6. The minimum atomic E-state index is -0.862. The molecule has 0 N–H and O–H groups in total. The Morgan fingerprint density at radius 3 is 2.60 bits per heavy atom. The van der Waals surface area contributed by atoms with Gasteiger partial charge in [0.25, 0.3) is 0 Å². The van der Waals surface area contributed by atoms with Crippen LogP contribution in [-0.2, 0) is 0 Å². The molecular weight excluding hydrogens is 426 g/mol. The molecule has 152 valence electrons. The summed E-state index contributed by atoms with van der Waals surface area (Å²) in [6.07, 6.45) is 0. The molecule has 0 unspecified atom stereocenters. The number of carbonyl (C=O) groups is 1. The number of benzene rings is 3. The average molecular weight is 443 g/mol. The number of rotatable bonds is 6. The molecule has 0 fully saturated rings. The number of carbonyl (C=O) groups excluding carboxylic acids is 1. The van der Waals surface area contributed by atoms with Crippen molar-refractivity contribution in [2.45, 2.75) is 18.1 Å². The van der Waals surface area contributed by atoms with Crippen LogP contribution in [0, 0.1) is 11.6 Å². The number of hydrogen-bond donors (Lipinski definition) is 0. The van der Waals surface area contributed by atoms with Crippen molar-refractivity contribution in [2.75, 3.05) is 5.75 Å². The first-order chi connectivity index (χ1) is 14.4. The van der Waals surface area contributed by atoms with Gasteiger partial charge in [-0.2, -0.15) is 0 Å². The Labute approximate surface area is 181 Å². The van der Waals surface area contributed by atoms with Crippen LogP contribution in [0.1, 0.15) is 28.9 Å². The second-order valence-corrected chi connectivity index (χ2v) is 8.20. The van der Waals surface area contributed by atoms with Gasteiger partial charge < -0.3 is 4.57 Å². The molecular formula is C23H17ClF2N2OS. The molecule has 7 heteroatoms. The Morgan fingerprint density at radius 1 is 1.10 bits per heavy atom. The van der Waals surface area contributed by atoms with Crippen molar-refractivity contribution in [3.05, 3.63) is 94.5 Å². The molecule has 0 bridgehead atoms. The van der Waals surface area contributed by atoms with Crippen molar-refractivity contribution >= 4 is 40.2 Å². The highest BCUT2D eigenvalue weighted by Gasteiger charge is 2.20. The van der Waals surface area contributed by atoms with Crippen LogP contribution in [-0.4, -0.2) is 21.1 Å². The lowest BCUT2D eigenvalue weighted by atomic mass is 10.1. The summed E-state index contributed by atoms with van der Waals surface area (Å²) in [7, 11) is 0. The van der Waals surface area contributed by atoms with E-state index < -0.39 is 17.4 Å². The number of ketones is 1. The SMILES string of the molecule is C[C@@H](c1ccccc1)n1c(SCC(=O)c2ccc(F)cc2F)nc2cc(Cl)ccc21. The molecule has 1 aromatic heterocycles. The van der Waals surface area contributed by atoms with E-state index in [0.29, 0.717) is 21.8 Å². The standard InChI is InChI=1S/C23H17ClF2N2OS/c1-14(15-5-3-2-4-6-15)28-21-10-7-16(24)11-20(21)27-23(28)30-13-22(29)18-9-8-17(25)12-19(18)26/h2-12,14H,13H2,1H3/t14-/m0/s1. The normalized spacial score (nSPS) is 12.3. The Morgan fingerprint density at radius 2 is 1.87 bits per heavy atom. The van der Waals surface area contributed by atoms with Crippen LogP contribution >= 0.6 is 23.4 Å². The molecule has 30 heavy (non-hydrogen) atoms. The number of fused-ring (bicyclic) bond motifs is 1. The minimum Gasteiger partial charge on any atom is -0.312 e. The molecule has 4 aromatic rings. The van der Waals surface area contributed by atoms with Gasteiger partial charge in [0.1, 0.15) is 11.6 Å². The molecule has 0 spiro atoms. The van der Waals surface area contributed by atoms with Crippen LogP contribution in [0.25, 0.3) is 11.0 Å². The lowest BCUT2D eigenvalue weighted by molar-refractivity contribution is 0.101. The zero-order valence-electron chi connectivity index (χ0n) is 16.0. The third-order valence-corrected chi connectivity index (χ3v) is 6.04. The quantitative estimate of drug-likeness (QED) is 0.251. The Balaban J connectivity index is 1.68. The van der Waals surface area contributed by atoms with E-state index in [0.717, 1.165) is 17.1 Å². The fourth-order valence-corrected chi connectivity index (χ4v) is 4.47. The Hall–Kier alpha value is -2.70. The number of thioether (sulfide) groups is 1. The van der Waals surface area contributed by atoms with E-state index in [9.17, 15) is 13.6 Å². The third kappa shape index (κ3) is 4.11. The van der Waals surface area contributed by atoms with Crippen LogP contribution in [0.15, 0.2) is 71.9 Å². The zero-order chi connectivity index (χ0) is 21.3. The first-order valence-corrected chi connectivity index (χ1v) is 10.6. The zero-order valence-corrected chi connectivity index (χ0v) is 17.6. The Kier molecular flexibility index (Phi) is 5.88. The van der Waals surface area contributed by atoms with Crippen molar-refractivity contribution in [1.29, 1.82) is 0 Å². The third-order valence-electron chi connectivity index (χ3n) is 4.85. The van der Waals surface area contributed by atoms with Gasteiger partial charge in [-0.3, -0.25) is 4.79 Å². The van der Waals surface area contributed by atoms with E-state index in [1.54, 1.807) is 12.1 Å². The number of Topliss-reactive ketones (excluding diaryl/α,β-unsaturated/α-hetero) is 1. The van der Waals surface area contributed by atoms with Gasteiger partial charge in [-0.1, -0.05) is 53.7 Å². The van der Waals surface area contributed by atoms with Crippen molar-refractivity contribution in [2.24, 2.45) is 0 Å². The van der Waals surface area contributed by atoms with E-state index in [4.69, 9.17) is 11.6 Å². The maximum Gasteiger partial charge on any atom is 0.176 e. The van der Waals surface area contributed by atoms with E-state index >= 15 is 0 Å². The summed E-state index contributed by atoms with van der Waals surface area (Å²) >= 11 is 7.35. The van der Waals surface area contributed by atoms with Crippen molar-refractivity contribution in [3.8, 4) is 0 Å². The second-order valence-electron chi connectivity index (χ2n) is 6.82. The fraction of sp³-hybridized carbons (Fsp3) is 0.130. The number of imidazole rings is 1. The largest absolute Gasteiger partial charge is 0.312 e. The molecule has 4 rings (SSSR count). The summed E-state index contributed by atoms with van der Waals surface area (Å²) < 4.78 is 29.1. The highest BCUT2D eigenvalue weighted by molar-refractivity contribution is 7.99. The van der Waals surface area contributed by atoms with Crippen LogP contribution in [0.5, 0.6) is 0 Å². The summed E-state index contributed by atoms with van der Waals surface area (Å²) in [5.74, 6) is -2.03. The second kappa shape index (κ2) is 8.58. The summed E-state index contributed by atoms with van der Waals surface area (Å²) in [6.45, 7) is 2.05. The molecule has 3 aromatic carbocycles. The summed E-state index contributed by atoms with van der Waals surface area (Å²) in [6, 6.07) is 18.3. The van der Waals surface area contributed by atoms with Gasteiger partial charge in [0.05, 0.1) is 28.4 Å². The summed E-state index contributed by atoms with van der Waals surface area (Å²) in [5.41, 5.74) is 2.56. The number of nitrogens with zero attached hydrogens (tertiary/aromatic N) is 2. The van der Waals surface area contributed by atoms with Gasteiger partial charge in [-0.25, -0.2) is 13.8 Å². The van der Waals surface area contributed by atoms with Crippen LogP contribution in [0.3, 0.4) is 0 Å². The number of hydrogen-bond acceptors (Lipinski definition) is 3. The van der Waals surface area contributed by atoms with Gasteiger partial charge in [0.15, 0.2) is 10.9 Å². The lowest BCUT2D eigenvalue weighted by Gasteiger charge is -2.18. The van der Waals surface area contributed by atoms with Crippen LogP contribution in [0.4, 0.5) is 8.78 Å². The monoisotopic (exact) mass is 442 g/mol. The average Bonchev–Trinajstić information content (AvgIpc) is 3.09. The van der Waals surface area contributed by atoms with Gasteiger partial charge >= 0.3 is 0 Å². The molecule has 0 aliphatic carbocycles. The van der Waals surface area contributed by atoms with Gasteiger partial charge in [-0.05, 0) is 42.8 Å². The van der Waals surface area contributed by atoms with Crippen LogP contribution in [0.2, 0.25) is 5.02 Å². The first-order valence-electron chi connectivity index (χ1n) is 9.27. The van der Waals surface area contributed by atoms with Gasteiger partial charge in [-0.15, -0.1) is 0 Å². The van der Waals surface area contributed by atoms with Crippen molar-refractivity contribution < 1.29 is 13.6 Å². The van der Waals surface area contributed by atoms with Crippen molar-refractivity contribution in [1.82, 2.24) is 9.55 Å². The highest BCUT2D eigenvalue weighted by atomic mass is 35.5. The number of aromatic nitrogens is 2. The number of halogens is 3. The molecule has 0 radical (unpaired) electrons. The predicted octanol–water partition coefficient (Wildman–Crippen LogP) is 6.55. The van der Waals surface area contributed by atoms with E-state index in [-0.39, 0.29) is 17.4 Å². The molecule has 0 aliphatic heterocycles. The Bertz CT molecular complexity index is 1230. The maximum absolute atomic E-state index is 14.0. The van der Waals surface area contributed by atoms with E-state index in [1.807, 2.05) is 41.0 Å². The lowest BCUT2D eigenvalue weighted by Crippen LogP contribution is -2.10. The summed E-state index contributed by atoms with van der Waals surface area (Å²) in [5, 5.41) is 1.19. The van der Waals surface area contributed by atoms with Gasteiger partial charge in [0.2, 0.25) is 0 Å². The minimum absolute atomic E-state index is 0.0267. The topological polar surface area (TPSA) is 34.9 Å². The predicted molar refractivity (Wildman–Crippen MR) is 116 cm³/mol. The molecule has 0 saturated heterocycles. The fourth-order valence-electron chi connectivity index (χ4n) is 3.33. The van der Waals surface area contributed by atoms with Gasteiger partial charge in [0, 0.05) is 11.1 Å². The van der Waals surface area contributed by atoms with Crippen LogP contribution < -0.4 is 0 Å². The summed E-state index contributed by atoms with van der Waals surface area (Å²) in [4.78, 5) is 17.2. The molecule has 1 heterocycles. The van der Waals surface area contributed by atoms with E-state index in [1.165, 1.54) is 17.8 Å². The molecule has 3 nitrogen and oxygen atoms in total.